The second-order valence-electron chi connectivity index (χ2n) is 5.23. The van der Waals surface area contributed by atoms with Crippen molar-refractivity contribution >= 4 is 22.8 Å². The van der Waals surface area contributed by atoms with Crippen LogP contribution in [0.5, 0.6) is 0 Å². The summed E-state index contributed by atoms with van der Waals surface area (Å²) in [7, 11) is 3.18. The molecule has 4 heteroatoms. The minimum absolute atomic E-state index is 0.150. The van der Waals surface area contributed by atoms with Crippen molar-refractivity contribution in [3.8, 4) is 0 Å². The number of methoxy groups -OCH3 is 1. The molecule has 1 atom stereocenters. The Labute approximate surface area is 130 Å². The van der Waals surface area contributed by atoms with E-state index in [1.54, 1.807) is 7.05 Å². The lowest BCUT2D eigenvalue weighted by atomic mass is 10.0. The number of nitrogens with zero attached hydrogens (tertiary/aromatic N) is 1. The number of amides is 1. The molecule has 0 saturated heterocycles. The maximum Gasteiger partial charge on any atom is 0.246 e. The van der Waals surface area contributed by atoms with Gasteiger partial charge in [0.15, 0.2) is 0 Å². The maximum absolute atomic E-state index is 12.1. The molecule has 0 spiro atoms. The number of fused-ring (bicyclic) bond motifs is 1. The first-order valence-electron chi connectivity index (χ1n) is 7.19. The first-order chi connectivity index (χ1) is 10.6. The van der Waals surface area contributed by atoms with Crippen molar-refractivity contribution in [1.29, 1.82) is 0 Å². The Kier molecular flexibility index (Phi) is 5.69. The van der Waals surface area contributed by atoms with Gasteiger partial charge in [0.2, 0.25) is 5.91 Å². The van der Waals surface area contributed by atoms with Gasteiger partial charge in [0.05, 0.1) is 12.7 Å². The van der Waals surface area contributed by atoms with Gasteiger partial charge in [-0.15, -0.1) is 0 Å². The summed E-state index contributed by atoms with van der Waals surface area (Å²) in [5.41, 5.74) is 0.997. The molecule has 0 radical (unpaired) electrons. The van der Waals surface area contributed by atoms with Gasteiger partial charge < -0.3 is 14.7 Å². The highest BCUT2D eigenvalue weighted by atomic mass is 16.5. The summed E-state index contributed by atoms with van der Waals surface area (Å²) in [4.78, 5) is 13.6. The topological polar surface area (TPSA) is 49.8 Å². The lowest BCUT2D eigenvalue weighted by Gasteiger charge is -2.18. The van der Waals surface area contributed by atoms with Crippen molar-refractivity contribution in [2.24, 2.45) is 0 Å². The van der Waals surface area contributed by atoms with E-state index in [1.807, 2.05) is 48.5 Å². The maximum atomic E-state index is 12.1. The van der Waals surface area contributed by atoms with Crippen LogP contribution in [0.1, 0.15) is 5.56 Å². The molecule has 2 rings (SSSR count). The molecule has 0 aliphatic carbocycles. The summed E-state index contributed by atoms with van der Waals surface area (Å²) in [6.07, 6.45) is 2.66. The lowest BCUT2D eigenvalue weighted by molar-refractivity contribution is -0.126. The Morgan fingerprint density at radius 3 is 2.77 bits per heavy atom. The van der Waals surface area contributed by atoms with E-state index in [-0.39, 0.29) is 19.1 Å². The third-order valence-corrected chi connectivity index (χ3v) is 3.45. The number of carbonyl (C=O) groups is 1. The number of aliphatic hydroxyl groups is 1. The van der Waals surface area contributed by atoms with E-state index in [9.17, 15) is 9.90 Å². The highest BCUT2D eigenvalue weighted by molar-refractivity contribution is 5.96. The fraction of sp³-hybridized carbons (Fsp3) is 0.278. The molecule has 1 N–H and O–H groups in total. The molecule has 2 aromatic rings. The average molecular weight is 299 g/mol. The van der Waals surface area contributed by atoms with Crippen LogP contribution in [0.15, 0.2) is 48.5 Å². The predicted octanol–water partition coefficient (Wildman–Crippen LogP) is 2.32. The number of aliphatic hydroxyl groups excluding tert-OH is 1. The minimum atomic E-state index is -0.676. The highest BCUT2D eigenvalue weighted by Gasteiger charge is 2.11. The SMILES string of the molecule is COCC(O)CN(C)C(=O)C=Cc1cccc2ccccc12. The summed E-state index contributed by atoms with van der Waals surface area (Å²) in [6.45, 7) is 0.456. The van der Waals surface area contributed by atoms with Crippen molar-refractivity contribution in [1.82, 2.24) is 4.90 Å². The van der Waals surface area contributed by atoms with Crippen LogP contribution in [-0.2, 0) is 9.53 Å². The number of benzene rings is 2. The monoisotopic (exact) mass is 299 g/mol. The molecule has 0 aliphatic rings. The van der Waals surface area contributed by atoms with Gasteiger partial charge in [0.25, 0.3) is 0 Å². The molecule has 0 aliphatic heterocycles. The molecule has 4 nitrogen and oxygen atoms in total. The number of hydrogen-bond donors (Lipinski definition) is 1. The van der Waals surface area contributed by atoms with Gasteiger partial charge in [-0.3, -0.25) is 4.79 Å². The fourth-order valence-corrected chi connectivity index (χ4v) is 2.34. The van der Waals surface area contributed by atoms with Gasteiger partial charge in [0.1, 0.15) is 0 Å². The van der Waals surface area contributed by atoms with Gasteiger partial charge in [0, 0.05) is 26.8 Å². The van der Waals surface area contributed by atoms with Crippen LogP contribution in [0, 0.1) is 0 Å². The van der Waals surface area contributed by atoms with E-state index < -0.39 is 6.10 Å². The van der Waals surface area contributed by atoms with Gasteiger partial charge in [-0.05, 0) is 22.4 Å². The quantitative estimate of drug-likeness (QED) is 0.833. The molecule has 0 heterocycles. The molecule has 22 heavy (non-hydrogen) atoms. The fourth-order valence-electron chi connectivity index (χ4n) is 2.34. The van der Waals surface area contributed by atoms with Crippen LogP contribution < -0.4 is 0 Å². The Balaban J connectivity index is 2.08. The molecule has 1 amide bonds. The van der Waals surface area contributed by atoms with Crippen LogP contribution in [0.4, 0.5) is 0 Å². The molecule has 0 bridgehead atoms. The van der Waals surface area contributed by atoms with Gasteiger partial charge in [-0.2, -0.15) is 0 Å². The molecule has 2 aromatic carbocycles. The largest absolute Gasteiger partial charge is 0.389 e. The second kappa shape index (κ2) is 7.73. The van der Waals surface area contributed by atoms with Crippen LogP contribution in [0.3, 0.4) is 0 Å². The normalized spacial score (nSPS) is 12.7. The standard InChI is InChI=1S/C18H21NO3/c1-19(12-16(20)13-22-2)18(21)11-10-15-8-5-7-14-6-3-4-9-17(14)15/h3-11,16,20H,12-13H2,1-2H3. The zero-order chi connectivity index (χ0) is 15.9. The van der Waals surface area contributed by atoms with Crippen molar-refractivity contribution in [2.45, 2.75) is 6.10 Å². The van der Waals surface area contributed by atoms with Crippen molar-refractivity contribution < 1.29 is 14.6 Å². The van der Waals surface area contributed by atoms with Crippen LogP contribution >= 0.6 is 0 Å². The van der Waals surface area contributed by atoms with Crippen LogP contribution in [0.2, 0.25) is 0 Å². The summed E-state index contributed by atoms with van der Waals surface area (Å²) < 4.78 is 4.86. The summed E-state index contributed by atoms with van der Waals surface area (Å²) in [6, 6.07) is 14.0. The Bertz CT molecular complexity index is 661. The summed E-state index contributed by atoms with van der Waals surface area (Å²) in [5, 5.41) is 11.9. The molecular weight excluding hydrogens is 278 g/mol. The Hall–Kier alpha value is -2.17. The predicted molar refractivity (Wildman–Crippen MR) is 88.5 cm³/mol. The van der Waals surface area contributed by atoms with E-state index in [1.165, 1.54) is 18.1 Å². The third-order valence-electron chi connectivity index (χ3n) is 3.45. The molecule has 0 aromatic heterocycles. The lowest BCUT2D eigenvalue weighted by Crippen LogP contribution is -2.35. The zero-order valence-electron chi connectivity index (χ0n) is 12.9. The van der Waals surface area contributed by atoms with Crippen LogP contribution in [0.25, 0.3) is 16.8 Å². The molecule has 116 valence electrons. The zero-order valence-corrected chi connectivity index (χ0v) is 12.9. The second-order valence-corrected chi connectivity index (χ2v) is 5.23. The molecule has 1 unspecified atom stereocenters. The van der Waals surface area contributed by atoms with Crippen LogP contribution in [-0.4, -0.2) is 49.3 Å². The Morgan fingerprint density at radius 2 is 2.00 bits per heavy atom. The van der Waals surface area contributed by atoms with E-state index >= 15 is 0 Å². The van der Waals surface area contributed by atoms with Gasteiger partial charge in [-0.1, -0.05) is 42.5 Å². The number of carbonyl (C=O) groups excluding carboxylic acids is 1. The van der Waals surface area contributed by atoms with E-state index in [0.717, 1.165) is 16.3 Å². The highest BCUT2D eigenvalue weighted by Crippen LogP contribution is 2.19. The number of ether oxygens (including phenoxy) is 1. The Morgan fingerprint density at radius 1 is 1.27 bits per heavy atom. The van der Waals surface area contributed by atoms with Gasteiger partial charge >= 0.3 is 0 Å². The number of rotatable bonds is 6. The summed E-state index contributed by atoms with van der Waals surface area (Å²) in [5.74, 6) is -0.150. The van der Waals surface area contributed by atoms with E-state index in [2.05, 4.69) is 0 Å². The van der Waals surface area contributed by atoms with Crippen molar-refractivity contribution in [3.63, 3.8) is 0 Å². The van der Waals surface area contributed by atoms with Gasteiger partial charge in [-0.25, -0.2) is 0 Å². The third kappa shape index (κ3) is 4.16. The smallest absolute Gasteiger partial charge is 0.246 e. The first-order valence-corrected chi connectivity index (χ1v) is 7.19. The van der Waals surface area contributed by atoms with Crippen molar-refractivity contribution in [3.05, 3.63) is 54.1 Å². The van der Waals surface area contributed by atoms with E-state index in [4.69, 9.17) is 4.74 Å². The van der Waals surface area contributed by atoms with Crippen molar-refractivity contribution in [2.75, 3.05) is 27.3 Å². The summed E-state index contributed by atoms with van der Waals surface area (Å²) >= 11 is 0. The average Bonchev–Trinajstić information content (AvgIpc) is 2.52. The molecular formula is C18H21NO3. The molecule has 0 saturated carbocycles. The number of likely N-dealkylation sites (N-methyl/N-ethyl adjacent to an activating group) is 1. The minimum Gasteiger partial charge on any atom is -0.389 e. The molecule has 0 fully saturated rings. The number of hydrogen-bond acceptors (Lipinski definition) is 3. The van der Waals surface area contributed by atoms with E-state index in [0.29, 0.717) is 0 Å². The first kappa shape index (κ1) is 16.2.